The fraction of sp³-hybridized carbons (Fsp3) is 0.500. The summed E-state index contributed by atoms with van der Waals surface area (Å²) in [6, 6.07) is -0.715. The quantitative estimate of drug-likeness (QED) is 0.366. The summed E-state index contributed by atoms with van der Waals surface area (Å²) in [5.41, 5.74) is 10.2. The molecule has 0 aliphatic carbocycles. The third kappa shape index (κ3) is 4.58. The van der Waals surface area contributed by atoms with Gasteiger partial charge in [-0.2, -0.15) is 0 Å². The van der Waals surface area contributed by atoms with E-state index < -0.39 is 24.0 Å². The van der Waals surface area contributed by atoms with Crippen molar-refractivity contribution in [2.24, 2.45) is 11.5 Å². The number of nitrogens with one attached hydrogen (secondary N) is 1. The second-order valence-electron chi connectivity index (χ2n) is 2.79. The van der Waals surface area contributed by atoms with Crippen molar-refractivity contribution in [3.05, 3.63) is 12.7 Å². The van der Waals surface area contributed by atoms with Gasteiger partial charge < -0.3 is 21.9 Å². The molecule has 0 rings (SSSR count). The number of hydrogen-bond donors (Lipinski definition) is 4. The van der Waals surface area contributed by atoms with Gasteiger partial charge in [-0.3, -0.25) is 9.59 Å². The average molecular weight is 201 g/mol. The Morgan fingerprint density at radius 3 is 2.57 bits per heavy atom. The van der Waals surface area contributed by atoms with E-state index >= 15 is 0 Å². The van der Waals surface area contributed by atoms with Gasteiger partial charge in [-0.1, -0.05) is 6.08 Å². The topological polar surface area (TPSA) is 118 Å². The summed E-state index contributed by atoms with van der Waals surface area (Å²) in [7, 11) is 0. The Kier molecular flexibility index (Phi) is 5.50. The van der Waals surface area contributed by atoms with Crippen LogP contribution >= 0.6 is 0 Å². The van der Waals surface area contributed by atoms with Gasteiger partial charge in [0, 0.05) is 0 Å². The summed E-state index contributed by atoms with van der Waals surface area (Å²) in [6.07, 6.45) is 0.461. The van der Waals surface area contributed by atoms with Gasteiger partial charge in [0.15, 0.2) is 0 Å². The number of nitrogens with two attached hydrogens (primary N) is 2. The predicted molar refractivity (Wildman–Crippen MR) is 51.0 cm³/mol. The van der Waals surface area contributed by atoms with Crippen LogP contribution in [-0.4, -0.2) is 35.6 Å². The molecule has 0 aliphatic rings. The molecule has 6 heteroatoms. The second kappa shape index (κ2) is 6.11. The van der Waals surface area contributed by atoms with E-state index in [-0.39, 0.29) is 6.54 Å². The first-order chi connectivity index (χ1) is 6.49. The van der Waals surface area contributed by atoms with Crippen molar-refractivity contribution < 1.29 is 14.7 Å². The lowest BCUT2D eigenvalue weighted by atomic mass is 10.2. The summed E-state index contributed by atoms with van der Waals surface area (Å²) >= 11 is 0. The highest BCUT2D eigenvalue weighted by Crippen LogP contribution is 1.88. The molecule has 0 heterocycles. The Labute approximate surface area is 82.0 Å². The number of amides is 2. The van der Waals surface area contributed by atoms with Gasteiger partial charge in [-0.25, -0.2) is 0 Å². The van der Waals surface area contributed by atoms with Gasteiger partial charge >= 0.3 is 0 Å². The molecule has 0 saturated heterocycles. The minimum absolute atomic E-state index is 0.223. The number of aliphatic hydroxyl groups is 1. The van der Waals surface area contributed by atoms with E-state index in [1.807, 2.05) is 0 Å². The zero-order chi connectivity index (χ0) is 11.1. The first kappa shape index (κ1) is 12.6. The Bertz CT molecular complexity index is 230. The van der Waals surface area contributed by atoms with Crippen molar-refractivity contribution in [1.29, 1.82) is 0 Å². The summed E-state index contributed by atoms with van der Waals surface area (Å²) in [5, 5.41) is 11.2. The lowest BCUT2D eigenvalue weighted by Gasteiger charge is -2.11. The van der Waals surface area contributed by atoms with E-state index in [1.165, 1.54) is 6.08 Å². The number of hydrogen-bond acceptors (Lipinski definition) is 4. The smallest absolute Gasteiger partial charge is 0.248 e. The first-order valence-electron chi connectivity index (χ1n) is 4.10. The molecule has 0 radical (unpaired) electrons. The lowest BCUT2D eigenvalue weighted by molar-refractivity contribution is -0.127. The first-order valence-corrected chi connectivity index (χ1v) is 4.10. The van der Waals surface area contributed by atoms with E-state index in [4.69, 9.17) is 16.6 Å². The maximum Gasteiger partial charge on any atom is 0.248 e. The van der Waals surface area contributed by atoms with Crippen LogP contribution in [0.25, 0.3) is 0 Å². The zero-order valence-electron chi connectivity index (χ0n) is 7.77. The number of rotatable bonds is 6. The maximum absolute atomic E-state index is 11.1. The molecule has 2 atom stereocenters. The van der Waals surface area contributed by atoms with Crippen molar-refractivity contribution in [1.82, 2.24) is 5.32 Å². The van der Waals surface area contributed by atoms with Crippen molar-refractivity contribution in [2.75, 3.05) is 6.54 Å². The van der Waals surface area contributed by atoms with Crippen LogP contribution in [-0.2, 0) is 9.59 Å². The number of carbonyl (C=O) groups excluding carboxylic acids is 2. The molecule has 0 aromatic rings. The van der Waals surface area contributed by atoms with Gasteiger partial charge in [-0.05, 0) is 6.42 Å². The molecule has 0 fully saturated rings. The monoisotopic (exact) mass is 201 g/mol. The van der Waals surface area contributed by atoms with Crippen LogP contribution in [0.1, 0.15) is 6.42 Å². The van der Waals surface area contributed by atoms with Gasteiger partial charge in [0.2, 0.25) is 11.8 Å². The molecule has 0 aromatic heterocycles. The SMILES string of the molecule is C=CCC(N)C(=O)NCC(O)C(N)=O. The highest BCUT2D eigenvalue weighted by atomic mass is 16.3. The molecular formula is C8H15N3O3. The van der Waals surface area contributed by atoms with E-state index in [2.05, 4.69) is 11.9 Å². The van der Waals surface area contributed by atoms with E-state index in [0.29, 0.717) is 6.42 Å². The Morgan fingerprint density at radius 2 is 2.14 bits per heavy atom. The van der Waals surface area contributed by atoms with Gasteiger partial charge in [0.1, 0.15) is 6.10 Å². The molecule has 0 spiro atoms. The Balaban J connectivity index is 3.84. The number of carbonyl (C=O) groups is 2. The Hall–Kier alpha value is -1.40. The predicted octanol–water partition coefficient (Wildman–Crippen LogP) is -2.15. The molecule has 6 nitrogen and oxygen atoms in total. The molecular weight excluding hydrogens is 186 g/mol. The van der Waals surface area contributed by atoms with Crippen LogP contribution in [0.3, 0.4) is 0 Å². The molecule has 2 amide bonds. The van der Waals surface area contributed by atoms with E-state index in [1.54, 1.807) is 0 Å². The summed E-state index contributed by atoms with van der Waals surface area (Å²) < 4.78 is 0. The largest absolute Gasteiger partial charge is 0.381 e. The van der Waals surface area contributed by atoms with Crippen LogP contribution in [0.15, 0.2) is 12.7 Å². The third-order valence-electron chi connectivity index (χ3n) is 1.56. The van der Waals surface area contributed by atoms with Crippen LogP contribution < -0.4 is 16.8 Å². The molecule has 80 valence electrons. The Morgan fingerprint density at radius 1 is 1.57 bits per heavy atom. The fourth-order valence-electron chi connectivity index (χ4n) is 0.716. The van der Waals surface area contributed by atoms with Gasteiger partial charge in [-0.15, -0.1) is 6.58 Å². The molecule has 6 N–H and O–H groups in total. The van der Waals surface area contributed by atoms with Crippen LogP contribution in [0.5, 0.6) is 0 Å². The summed E-state index contributed by atoms with van der Waals surface area (Å²) in [6.45, 7) is 3.20. The molecule has 0 bridgehead atoms. The zero-order valence-corrected chi connectivity index (χ0v) is 7.77. The normalized spacial score (nSPS) is 14.1. The van der Waals surface area contributed by atoms with Crippen LogP contribution in [0.2, 0.25) is 0 Å². The number of primary amides is 1. The fourth-order valence-corrected chi connectivity index (χ4v) is 0.716. The second-order valence-corrected chi connectivity index (χ2v) is 2.79. The summed E-state index contributed by atoms with van der Waals surface area (Å²) in [4.78, 5) is 21.5. The third-order valence-corrected chi connectivity index (χ3v) is 1.56. The van der Waals surface area contributed by atoms with Gasteiger partial charge in [0.25, 0.3) is 0 Å². The average Bonchev–Trinajstić information content (AvgIpc) is 2.13. The van der Waals surface area contributed by atoms with Crippen molar-refractivity contribution in [3.63, 3.8) is 0 Å². The molecule has 0 aliphatic heterocycles. The van der Waals surface area contributed by atoms with Crippen molar-refractivity contribution >= 4 is 11.8 Å². The molecule has 0 aromatic carbocycles. The number of aliphatic hydroxyl groups excluding tert-OH is 1. The highest BCUT2D eigenvalue weighted by Gasteiger charge is 2.15. The van der Waals surface area contributed by atoms with E-state index in [9.17, 15) is 9.59 Å². The molecule has 14 heavy (non-hydrogen) atoms. The standard InChI is InChI=1S/C8H15N3O3/c1-2-3-5(9)8(14)11-4-6(12)7(10)13/h2,5-6,12H,1,3-4,9H2,(H2,10,13)(H,11,14). The summed E-state index contributed by atoms with van der Waals surface area (Å²) in [5.74, 6) is -1.34. The minimum Gasteiger partial charge on any atom is -0.381 e. The molecule has 0 saturated carbocycles. The van der Waals surface area contributed by atoms with Crippen molar-refractivity contribution in [2.45, 2.75) is 18.6 Å². The van der Waals surface area contributed by atoms with E-state index in [0.717, 1.165) is 0 Å². The van der Waals surface area contributed by atoms with Gasteiger partial charge in [0.05, 0.1) is 12.6 Å². The van der Waals surface area contributed by atoms with Crippen LogP contribution in [0.4, 0.5) is 0 Å². The van der Waals surface area contributed by atoms with Crippen molar-refractivity contribution in [3.8, 4) is 0 Å². The lowest BCUT2D eigenvalue weighted by Crippen LogP contribution is -2.46. The minimum atomic E-state index is -1.38. The van der Waals surface area contributed by atoms with Crippen LogP contribution in [0, 0.1) is 0 Å². The highest BCUT2D eigenvalue weighted by molar-refractivity contribution is 5.83. The molecule has 2 unspecified atom stereocenters. The maximum atomic E-state index is 11.1.